The van der Waals surface area contributed by atoms with Crippen LogP contribution < -0.4 is 26.6 Å². The van der Waals surface area contributed by atoms with Crippen LogP contribution in [-0.2, 0) is 35.1 Å². The number of benzene rings is 1. The van der Waals surface area contributed by atoms with Crippen LogP contribution in [0.3, 0.4) is 0 Å². The number of hydrogen-bond acceptors (Lipinski definition) is 12. The summed E-state index contributed by atoms with van der Waals surface area (Å²) in [5.41, 5.74) is -1.42. The number of carbonyl (C=O) groups excluding carboxylic acids is 6. The lowest BCUT2D eigenvalue weighted by Crippen LogP contribution is -2.52. The molecule has 370 valence electrons. The minimum absolute atomic E-state index is 0.00454. The lowest BCUT2D eigenvalue weighted by molar-refractivity contribution is -0.144. The van der Waals surface area contributed by atoms with Crippen molar-refractivity contribution in [1.29, 1.82) is 0 Å². The fourth-order valence-electron chi connectivity index (χ4n) is 7.76. The van der Waals surface area contributed by atoms with E-state index in [4.69, 9.17) is 18.9 Å². The Labute approximate surface area is 398 Å². The highest BCUT2D eigenvalue weighted by atomic mass is 16.6. The van der Waals surface area contributed by atoms with Gasteiger partial charge in [0, 0.05) is 36.2 Å². The average molecular weight is 945 g/mol. The molecule has 2 aromatic rings. The number of nitrogens with one attached hydrogen (secondary N) is 5. The van der Waals surface area contributed by atoms with E-state index in [0.717, 1.165) is 11.1 Å². The molecule has 0 spiro atoms. The summed E-state index contributed by atoms with van der Waals surface area (Å²) in [7, 11) is 0. The molecule has 6 amide bonds. The van der Waals surface area contributed by atoms with Gasteiger partial charge in [0.25, 0.3) is 0 Å². The molecule has 1 aliphatic heterocycles. The molecule has 3 saturated carbocycles. The maximum Gasteiger partial charge on any atom is 0.437 e. The van der Waals surface area contributed by atoms with Crippen molar-refractivity contribution in [3.8, 4) is 0 Å². The van der Waals surface area contributed by atoms with Gasteiger partial charge in [-0.1, -0.05) is 18.2 Å². The van der Waals surface area contributed by atoms with Crippen LogP contribution in [0.15, 0.2) is 52.7 Å². The van der Waals surface area contributed by atoms with Gasteiger partial charge in [-0.15, -0.1) is 9.98 Å². The molecule has 20 nitrogen and oxygen atoms in total. The van der Waals surface area contributed by atoms with Crippen molar-refractivity contribution in [2.24, 2.45) is 20.8 Å². The first-order valence-corrected chi connectivity index (χ1v) is 22.8. The van der Waals surface area contributed by atoms with Crippen molar-refractivity contribution >= 4 is 65.2 Å². The lowest BCUT2D eigenvalue weighted by atomic mass is 9.53. The van der Waals surface area contributed by atoms with Crippen molar-refractivity contribution in [3.05, 3.63) is 54.0 Å². The molecular weight excluding hydrogens is 877 g/mol. The Bertz CT molecular complexity index is 2270. The van der Waals surface area contributed by atoms with Crippen molar-refractivity contribution in [2.75, 3.05) is 23.7 Å². The molecule has 68 heavy (non-hydrogen) atoms. The van der Waals surface area contributed by atoms with Gasteiger partial charge in [0.1, 0.15) is 22.4 Å². The standard InChI is InChI=1S/C48H68N10O10/c1-43(2,3)65-39(61)54-37(55-40(62)66-44(4,5)6)51-27-30-13-15-32(16-14-30)52-35(59)47-19-22-48(23-20-47,24-21-47)36(60)53-34-29-49-33(28-50-34)31-17-25-58(26-18-31)38(56-41(63)67-45(7,8)9)57-42(64)68-46(10,11)12/h13-17,28-29H,18-27H2,1-12H3,(H,52,59)(H,50,53,60)(H,56,57,63,64)(H2,51,54,55,61,62). The van der Waals surface area contributed by atoms with Gasteiger partial charge in [-0.25, -0.2) is 24.2 Å². The van der Waals surface area contributed by atoms with Gasteiger partial charge < -0.3 is 39.8 Å². The van der Waals surface area contributed by atoms with Crippen LogP contribution in [0.25, 0.3) is 5.57 Å². The number of aromatic nitrogens is 2. The number of ether oxygens (including phenoxy) is 4. The highest BCUT2D eigenvalue weighted by Gasteiger charge is 2.55. The molecule has 0 radical (unpaired) electrons. The second-order valence-corrected chi connectivity index (χ2v) is 21.3. The van der Waals surface area contributed by atoms with Crippen LogP contribution in [0.4, 0.5) is 30.7 Å². The Hall–Kier alpha value is -6.60. The Balaban J connectivity index is 1.13. The highest BCUT2D eigenvalue weighted by Crippen LogP contribution is 2.57. The van der Waals surface area contributed by atoms with Crippen molar-refractivity contribution in [2.45, 2.75) is 157 Å². The van der Waals surface area contributed by atoms with E-state index in [-0.39, 0.29) is 30.3 Å². The molecule has 6 rings (SSSR count). The Morgan fingerprint density at radius 3 is 1.60 bits per heavy atom. The van der Waals surface area contributed by atoms with E-state index in [9.17, 15) is 28.8 Å². The Morgan fingerprint density at radius 2 is 1.13 bits per heavy atom. The molecule has 5 N–H and O–H groups in total. The number of anilines is 2. The molecule has 2 heterocycles. The van der Waals surface area contributed by atoms with Crippen LogP contribution in [0.2, 0.25) is 0 Å². The van der Waals surface area contributed by atoms with E-state index in [1.807, 2.05) is 6.08 Å². The van der Waals surface area contributed by atoms with Crippen LogP contribution in [0, 0.1) is 10.8 Å². The molecule has 0 atom stereocenters. The Morgan fingerprint density at radius 1 is 0.632 bits per heavy atom. The van der Waals surface area contributed by atoms with Crippen LogP contribution >= 0.6 is 0 Å². The lowest BCUT2D eigenvalue weighted by Gasteiger charge is -2.51. The zero-order chi connectivity index (χ0) is 50.3. The fourth-order valence-corrected chi connectivity index (χ4v) is 7.76. The van der Waals surface area contributed by atoms with Gasteiger partial charge in [-0.05, 0) is 151 Å². The summed E-state index contributed by atoms with van der Waals surface area (Å²) in [4.78, 5) is 96.5. The molecule has 1 aromatic heterocycles. The van der Waals surface area contributed by atoms with E-state index in [1.54, 1.807) is 118 Å². The SMILES string of the molecule is CC(C)(C)OC(=O)/N=C(/NC(=O)OC(C)(C)C)N1CC=C(c2cnc(NC(=O)C34CCC(C(=O)Nc5ccc(CN/C(=N\C(=O)OC(C)(C)C)NC(=O)OC(C)(C)C)cc5)(CC3)CC4)cn2)CC1. The van der Waals surface area contributed by atoms with Gasteiger partial charge in [0.05, 0.1) is 18.1 Å². The zero-order valence-corrected chi connectivity index (χ0v) is 41.4. The number of hydrogen-bond donors (Lipinski definition) is 5. The van der Waals surface area contributed by atoms with Crippen molar-refractivity contribution < 1.29 is 47.7 Å². The molecule has 3 fully saturated rings. The van der Waals surface area contributed by atoms with Crippen LogP contribution in [-0.4, -0.2) is 98.5 Å². The number of amides is 6. The fraction of sp³-hybridized carbons (Fsp3) is 0.583. The Kier molecular flexibility index (Phi) is 16.0. The van der Waals surface area contributed by atoms with Gasteiger partial charge >= 0.3 is 24.4 Å². The summed E-state index contributed by atoms with van der Waals surface area (Å²) in [6.45, 7) is 21.5. The van der Waals surface area contributed by atoms with Gasteiger partial charge in [0.15, 0.2) is 5.82 Å². The van der Waals surface area contributed by atoms with Gasteiger partial charge in [-0.2, -0.15) is 0 Å². The summed E-state index contributed by atoms with van der Waals surface area (Å²) < 4.78 is 21.3. The molecule has 0 saturated heterocycles. The second kappa shape index (κ2) is 20.7. The summed E-state index contributed by atoms with van der Waals surface area (Å²) in [6, 6.07) is 7.17. The molecule has 3 aliphatic carbocycles. The molecule has 20 heteroatoms. The van der Waals surface area contributed by atoms with Crippen LogP contribution in [0.5, 0.6) is 0 Å². The monoisotopic (exact) mass is 945 g/mol. The maximum atomic E-state index is 13.8. The maximum absolute atomic E-state index is 13.8. The van der Waals surface area contributed by atoms with E-state index >= 15 is 0 Å². The highest BCUT2D eigenvalue weighted by molar-refractivity contribution is 6.00. The molecule has 0 unspecified atom stereocenters. The van der Waals surface area contributed by atoms with Crippen LogP contribution in [0.1, 0.15) is 139 Å². The molecule has 1 aromatic carbocycles. The first-order chi connectivity index (χ1) is 31.5. The third-order valence-electron chi connectivity index (χ3n) is 11.0. The van der Waals surface area contributed by atoms with Crippen molar-refractivity contribution in [3.63, 3.8) is 0 Å². The quantitative estimate of drug-likeness (QED) is 0.0997. The van der Waals surface area contributed by atoms with Crippen molar-refractivity contribution in [1.82, 2.24) is 30.8 Å². The normalized spacial score (nSPS) is 20.0. The zero-order valence-electron chi connectivity index (χ0n) is 41.4. The van der Waals surface area contributed by atoms with E-state index < -0.39 is 57.6 Å². The largest absolute Gasteiger partial charge is 0.444 e. The summed E-state index contributed by atoms with van der Waals surface area (Å²) in [5.74, 6) is -0.0397. The third-order valence-corrected chi connectivity index (χ3v) is 11.0. The summed E-state index contributed by atoms with van der Waals surface area (Å²) in [6.07, 6.45) is 5.59. The topological polar surface area (TPSA) is 253 Å². The number of rotatable bonds is 7. The smallest absolute Gasteiger partial charge is 0.437 e. The van der Waals surface area contributed by atoms with E-state index in [0.29, 0.717) is 75.2 Å². The number of guanidine groups is 2. The van der Waals surface area contributed by atoms with E-state index in [2.05, 4.69) is 46.5 Å². The van der Waals surface area contributed by atoms with Gasteiger partial charge in [0.2, 0.25) is 23.7 Å². The molecule has 4 aliphatic rings. The summed E-state index contributed by atoms with van der Waals surface area (Å²) in [5, 5.41) is 14.1. The number of fused-ring (bicyclic) bond motifs is 3. The second-order valence-electron chi connectivity index (χ2n) is 21.3. The van der Waals surface area contributed by atoms with E-state index in [1.165, 1.54) is 6.20 Å². The summed E-state index contributed by atoms with van der Waals surface area (Å²) >= 11 is 0. The minimum Gasteiger partial charge on any atom is -0.444 e. The first kappa shape index (κ1) is 52.4. The third kappa shape index (κ3) is 15.8. The number of carbonyl (C=O) groups is 6. The van der Waals surface area contributed by atoms with Gasteiger partial charge in [-0.3, -0.25) is 25.2 Å². The number of nitrogens with zero attached hydrogens (tertiary/aromatic N) is 5. The number of alkyl carbamates (subject to hydrolysis) is 2. The average Bonchev–Trinajstić information content (AvgIpc) is 3.21. The minimum atomic E-state index is -0.889. The molecule has 2 bridgehead atoms. The predicted octanol–water partition coefficient (Wildman–Crippen LogP) is 8.20. The molecular formula is C48H68N10O10. The number of aliphatic imine (C=N–C) groups is 2. The predicted molar refractivity (Wildman–Crippen MR) is 255 cm³/mol. The first-order valence-electron chi connectivity index (χ1n) is 22.8.